The summed E-state index contributed by atoms with van der Waals surface area (Å²) in [5, 5.41) is 11.3. The molecule has 5 heterocycles. The van der Waals surface area contributed by atoms with Crippen molar-refractivity contribution in [1.82, 2.24) is 29.5 Å². The molecule has 36 heavy (non-hydrogen) atoms. The van der Waals surface area contributed by atoms with Crippen molar-refractivity contribution < 1.29 is 14.0 Å². The van der Waals surface area contributed by atoms with Gasteiger partial charge in [0.2, 0.25) is 0 Å². The van der Waals surface area contributed by atoms with Crippen LogP contribution < -0.4 is 5.32 Å². The summed E-state index contributed by atoms with van der Waals surface area (Å²) in [5.41, 5.74) is 2.18. The van der Waals surface area contributed by atoms with Crippen LogP contribution in [0, 0.1) is 5.82 Å². The zero-order valence-electron chi connectivity index (χ0n) is 20.2. The molecular weight excluding hydrogens is 461 g/mol. The Morgan fingerprint density at radius 1 is 1.03 bits per heavy atom. The number of benzene rings is 1. The van der Waals surface area contributed by atoms with Crippen LogP contribution in [0.15, 0.2) is 30.3 Å². The number of pyridine rings is 1. The van der Waals surface area contributed by atoms with Crippen LogP contribution in [-0.2, 0) is 19.4 Å². The van der Waals surface area contributed by atoms with E-state index in [1.54, 1.807) is 23.1 Å². The molecule has 0 spiro atoms. The van der Waals surface area contributed by atoms with Gasteiger partial charge in [0.15, 0.2) is 5.82 Å². The van der Waals surface area contributed by atoms with Crippen molar-refractivity contribution in [3.63, 3.8) is 0 Å². The van der Waals surface area contributed by atoms with Gasteiger partial charge in [0, 0.05) is 38.6 Å². The molecule has 3 amide bonds. The van der Waals surface area contributed by atoms with E-state index in [-0.39, 0.29) is 17.6 Å². The van der Waals surface area contributed by atoms with Gasteiger partial charge in [-0.2, -0.15) is 0 Å². The molecule has 10 heteroatoms. The lowest BCUT2D eigenvalue weighted by atomic mass is 9.96. The molecule has 9 nitrogen and oxygen atoms in total. The van der Waals surface area contributed by atoms with Crippen molar-refractivity contribution in [3.05, 3.63) is 58.7 Å². The van der Waals surface area contributed by atoms with Crippen LogP contribution in [0.1, 0.15) is 59.5 Å². The van der Waals surface area contributed by atoms with Crippen LogP contribution in [0.25, 0.3) is 11.5 Å². The van der Waals surface area contributed by atoms with E-state index in [2.05, 4.69) is 32.0 Å². The summed E-state index contributed by atoms with van der Waals surface area (Å²) in [4.78, 5) is 34.1. The highest BCUT2D eigenvalue weighted by molar-refractivity contribution is 6.04. The lowest BCUT2D eigenvalue weighted by Crippen LogP contribution is -2.44. The average molecular weight is 490 g/mol. The third-order valence-electron chi connectivity index (χ3n) is 7.41. The molecule has 3 aromatic rings. The van der Waals surface area contributed by atoms with Gasteiger partial charge in [-0.1, -0.05) is 6.07 Å². The Labute approximate surface area is 208 Å². The highest BCUT2D eigenvalue weighted by Crippen LogP contribution is 2.30. The molecule has 1 N–H and O–H groups in total. The van der Waals surface area contributed by atoms with E-state index >= 15 is 0 Å². The number of nitrogens with one attached hydrogen (secondary N) is 1. The zero-order chi connectivity index (χ0) is 24.8. The summed E-state index contributed by atoms with van der Waals surface area (Å²) in [6, 6.07) is 8.56. The zero-order valence-corrected chi connectivity index (χ0v) is 20.2. The topological polar surface area (TPSA) is 96.2 Å². The summed E-state index contributed by atoms with van der Waals surface area (Å²) in [5.74, 6) is 0.744. The second kappa shape index (κ2) is 9.00. The Bertz CT molecular complexity index is 1350. The lowest BCUT2D eigenvalue weighted by Gasteiger charge is -2.32. The van der Waals surface area contributed by atoms with Crippen molar-refractivity contribution in [2.24, 2.45) is 0 Å². The number of halogens is 1. The van der Waals surface area contributed by atoms with Crippen molar-refractivity contribution in [1.29, 1.82) is 0 Å². The fourth-order valence-electron chi connectivity index (χ4n) is 5.44. The minimum Gasteiger partial charge on any atom is -0.325 e. The van der Waals surface area contributed by atoms with E-state index in [0.717, 1.165) is 55.7 Å². The van der Waals surface area contributed by atoms with Gasteiger partial charge in [-0.05, 0) is 68.0 Å². The van der Waals surface area contributed by atoms with Gasteiger partial charge in [-0.25, -0.2) is 14.2 Å². The molecule has 0 radical (unpaired) electrons. The van der Waals surface area contributed by atoms with E-state index in [0.29, 0.717) is 36.8 Å². The number of carbonyl (C=O) groups excluding carboxylic acids is 2. The minimum atomic E-state index is -0.581. The van der Waals surface area contributed by atoms with Crippen molar-refractivity contribution >= 4 is 17.8 Å². The molecule has 1 fully saturated rings. The SMILES string of the molecule is C[C@@H]1CCc2nnc(-c3cccc(NC(=O)c4cc5c(cc4F)CCN(C(=O)N4CCCC4)C5)n3)n21. The van der Waals surface area contributed by atoms with E-state index in [9.17, 15) is 14.0 Å². The first-order valence-corrected chi connectivity index (χ1v) is 12.6. The van der Waals surface area contributed by atoms with E-state index in [1.807, 2.05) is 11.0 Å². The van der Waals surface area contributed by atoms with Crippen LogP contribution in [0.3, 0.4) is 0 Å². The second-order valence-corrected chi connectivity index (χ2v) is 9.81. The van der Waals surface area contributed by atoms with Gasteiger partial charge in [0.05, 0.1) is 5.56 Å². The predicted molar refractivity (Wildman–Crippen MR) is 131 cm³/mol. The second-order valence-electron chi connectivity index (χ2n) is 9.81. The van der Waals surface area contributed by atoms with Crippen LogP contribution in [0.2, 0.25) is 0 Å². The van der Waals surface area contributed by atoms with Crippen molar-refractivity contribution in [3.8, 4) is 11.5 Å². The Hall–Kier alpha value is -3.82. The Kier molecular flexibility index (Phi) is 5.66. The molecule has 1 aromatic carbocycles. The molecule has 1 saturated heterocycles. The van der Waals surface area contributed by atoms with Gasteiger partial charge in [0.1, 0.15) is 23.2 Å². The van der Waals surface area contributed by atoms with E-state index in [1.165, 1.54) is 6.07 Å². The van der Waals surface area contributed by atoms with Crippen LogP contribution in [0.5, 0.6) is 0 Å². The summed E-state index contributed by atoms with van der Waals surface area (Å²) < 4.78 is 17.0. The summed E-state index contributed by atoms with van der Waals surface area (Å²) in [7, 11) is 0. The van der Waals surface area contributed by atoms with Crippen molar-refractivity contribution in [2.75, 3.05) is 25.0 Å². The lowest BCUT2D eigenvalue weighted by molar-refractivity contribution is 0.102. The highest BCUT2D eigenvalue weighted by atomic mass is 19.1. The number of carbonyl (C=O) groups is 2. The number of urea groups is 1. The number of likely N-dealkylation sites (tertiary alicyclic amines) is 1. The van der Waals surface area contributed by atoms with Gasteiger partial charge in [0.25, 0.3) is 5.91 Å². The minimum absolute atomic E-state index is 0.0174. The number of nitrogens with zero attached hydrogens (tertiary/aromatic N) is 6. The molecule has 3 aliphatic rings. The van der Waals surface area contributed by atoms with E-state index < -0.39 is 11.7 Å². The number of hydrogen-bond donors (Lipinski definition) is 1. The normalized spacial score (nSPS) is 18.8. The summed E-state index contributed by atoms with van der Waals surface area (Å²) in [6.45, 7) is 4.60. The molecule has 0 bridgehead atoms. The number of amides is 3. The van der Waals surface area contributed by atoms with Gasteiger partial charge < -0.3 is 19.7 Å². The molecule has 0 aliphatic carbocycles. The summed E-state index contributed by atoms with van der Waals surface area (Å²) >= 11 is 0. The number of hydrogen-bond acceptors (Lipinski definition) is 5. The molecule has 6 rings (SSSR count). The maximum Gasteiger partial charge on any atom is 0.320 e. The van der Waals surface area contributed by atoms with E-state index in [4.69, 9.17) is 0 Å². The third-order valence-corrected chi connectivity index (χ3v) is 7.41. The smallest absolute Gasteiger partial charge is 0.320 e. The quantitative estimate of drug-likeness (QED) is 0.604. The Morgan fingerprint density at radius 2 is 1.86 bits per heavy atom. The first-order valence-electron chi connectivity index (χ1n) is 12.6. The molecule has 0 saturated carbocycles. The first kappa shape index (κ1) is 22.6. The standard InChI is InChI=1S/C26H28FN7O2/c1-16-7-8-23-30-31-24(34(16)23)21-5-4-6-22(28-21)29-25(35)19-13-18-15-33(12-9-17(18)14-20(19)27)26(36)32-10-2-3-11-32/h4-6,13-14,16H,2-3,7-12,15H2,1H3,(H,28,29,35)/t16-/m1/s1. The molecule has 186 valence electrons. The fourth-order valence-corrected chi connectivity index (χ4v) is 5.44. The van der Waals surface area contributed by atoms with Crippen LogP contribution in [0.4, 0.5) is 15.0 Å². The Morgan fingerprint density at radius 3 is 2.69 bits per heavy atom. The predicted octanol–water partition coefficient (Wildman–Crippen LogP) is 3.81. The molecule has 0 unspecified atom stereocenters. The van der Waals surface area contributed by atoms with Gasteiger partial charge >= 0.3 is 6.03 Å². The highest BCUT2D eigenvalue weighted by Gasteiger charge is 2.29. The number of aryl methyl sites for hydroxylation is 1. The summed E-state index contributed by atoms with van der Waals surface area (Å²) in [6.07, 6.45) is 4.51. The van der Waals surface area contributed by atoms with Gasteiger partial charge in [-0.15, -0.1) is 10.2 Å². The van der Waals surface area contributed by atoms with Crippen molar-refractivity contribution in [2.45, 2.75) is 51.6 Å². The molecular formula is C26H28FN7O2. The Balaban J connectivity index is 1.21. The molecule has 3 aliphatic heterocycles. The molecule has 1 atom stereocenters. The molecule has 2 aromatic heterocycles. The van der Waals surface area contributed by atoms with Crippen LogP contribution in [-0.4, -0.2) is 61.1 Å². The number of aromatic nitrogens is 4. The number of anilines is 1. The van der Waals surface area contributed by atoms with Crippen LogP contribution >= 0.6 is 0 Å². The number of fused-ring (bicyclic) bond motifs is 2. The first-order chi connectivity index (χ1) is 17.5. The fraction of sp³-hybridized carbons (Fsp3) is 0.423. The largest absolute Gasteiger partial charge is 0.325 e. The monoisotopic (exact) mass is 489 g/mol. The average Bonchev–Trinajstić information content (AvgIpc) is 3.63. The third kappa shape index (κ3) is 4.00. The number of rotatable bonds is 3. The van der Waals surface area contributed by atoms with Gasteiger partial charge in [-0.3, -0.25) is 4.79 Å². The maximum atomic E-state index is 14.9. The maximum absolute atomic E-state index is 14.9.